The summed E-state index contributed by atoms with van der Waals surface area (Å²) in [4.78, 5) is 4.24. The molecule has 17 heavy (non-hydrogen) atoms. The number of pyridine rings is 1. The molecule has 0 bridgehead atoms. The molecule has 0 atom stereocenters. The van der Waals surface area contributed by atoms with Crippen molar-refractivity contribution in [3.05, 3.63) is 17.3 Å². The van der Waals surface area contributed by atoms with Gasteiger partial charge >= 0.3 is 0 Å². The Hall–Kier alpha value is -1.25. The number of ether oxygens (including phenoxy) is 1. The summed E-state index contributed by atoms with van der Waals surface area (Å²) in [6, 6.07) is 0. The Morgan fingerprint density at radius 3 is 2.53 bits per heavy atom. The van der Waals surface area contributed by atoms with Crippen molar-refractivity contribution in [3.8, 4) is 5.88 Å². The molecular formula is C14H26N2O. The molecule has 3 nitrogen and oxygen atoms in total. The smallest absolute Gasteiger partial charge is 0.237 e. The third-order valence-electron chi connectivity index (χ3n) is 2.36. The highest BCUT2D eigenvalue weighted by molar-refractivity contribution is 5.62. The van der Waals surface area contributed by atoms with Gasteiger partial charge in [0.2, 0.25) is 5.88 Å². The molecule has 1 aliphatic rings. The molecule has 2 heterocycles. The lowest BCUT2D eigenvalue weighted by molar-refractivity contribution is 0.310. The van der Waals surface area contributed by atoms with E-state index in [-0.39, 0.29) is 0 Å². The van der Waals surface area contributed by atoms with Crippen molar-refractivity contribution in [2.45, 2.75) is 48.0 Å². The number of anilines is 1. The van der Waals surface area contributed by atoms with Gasteiger partial charge in [-0.25, -0.2) is 4.98 Å². The zero-order valence-corrected chi connectivity index (χ0v) is 12.1. The highest BCUT2D eigenvalue weighted by Crippen LogP contribution is 2.30. The Balaban J connectivity index is 0.000000581. The highest BCUT2D eigenvalue weighted by atomic mass is 16.5. The second-order valence-corrected chi connectivity index (χ2v) is 3.23. The van der Waals surface area contributed by atoms with Crippen molar-refractivity contribution in [2.24, 2.45) is 0 Å². The van der Waals surface area contributed by atoms with E-state index in [4.69, 9.17) is 4.74 Å². The number of hydrogen-bond acceptors (Lipinski definition) is 3. The minimum absolute atomic E-state index is 0.714. The normalized spacial score (nSPS) is 11.6. The van der Waals surface area contributed by atoms with Crippen LogP contribution < -0.4 is 10.1 Å². The van der Waals surface area contributed by atoms with Gasteiger partial charge in [0, 0.05) is 12.7 Å². The Labute approximate surface area is 106 Å². The quantitative estimate of drug-likeness (QED) is 0.808. The number of fused-ring (bicyclic) bond motifs is 1. The Bertz CT molecular complexity index is 324. The van der Waals surface area contributed by atoms with E-state index in [9.17, 15) is 0 Å². The van der Waals surface area contributed by atoms with Crippen LogP contribution in [0.3, 0.4) is 0 Å². The van der Waals surface area contributed by atoms with Crippen LogP contribution in [0.25, 0.3) is 0 Å². The van der Waals surface area contributed by atoms with Crippen molar-refractivity contribution >= 4 is 5.69 Å². The van der Waals surface area contributed by atoms with Gasteiger partial charge < -0.3 is 10.1 Å². The topological polar surface area (TPSA) is 34.2 Å². The summed E-state index contributed by atoms with van der Waals surface area (Å²) in [6.07, 6.45) is 2.90. The maximum absolute atomic E-state index is 5.45. The largest absolute Gasteiger partial charge is 0.474 e. The van der Waals surface area contributed by atoms with Crippen LogP contribution in [-0.4, -0.2) is 18.1 Å². The van der Waals surface area contributed by atoms with E-state index in [0.717, 1.165) is 24.5 Å². The van der Waals surface area contributed by atoms with Crippen molar-refractivity contribution < 1.29 is 4.74 Å². The maximum atomic E-state index is 5.45. The first-order valence-corrected chi connectivity index (χ1v) is 6.68. The highest BCUT2D eigenvalue weighted by Gasteiger charge is 2.15. The molecule has 0 saturated heterocycles. The minimum atomic E-state index is 0.714. The summed E-state index contributed by atoms with van der Waals surface area (Å²) in [5, 5.41) is 3.34. The summed E-state index contributed by atoms with van der Waals surface area (Å²) >= 11 is 0. The average Bonchev–Trinajstić information content (AvgIpc) is 2.43. The molecule has 1 N–H and O–H groups in total. The molecule has 3 heteroatoms. The van der Waals surface area contributed by atoms with E-state index in [1.807, 2.05) is 33.9 Å². The lowest BCUT2D eigenvalue weighted by atomic mass is 10.1. The number of aryl methyl sites for hydroxylation is 1. The van der Waals surface area contributed by atoms with Crippen LogP contribution in [0.15, 0.2) is 6.20 Å². The summed E-state index contributed by atoms with van der Waals surface area (Å²) in [7, 11) is 0. The van der Waals surface area contributed by atoms with Gasteiger partial charge in [0.05, 0.1) is 0 Å². The van der Waals surface area contributed by atoms with Gasteiger partial charge in [-0.2, -0.15) is 0 Å². The zero-order chi connectivity index (χ0) is 13.3. The third-order valence-corrected chi connectivity index (χ3v) is 2.36. The molecule has 2 rings (SSSR count). The third kappa shape index (κ3) is 3.91. The lowest BCUT2D eigenvalue weighted by Crippen LogP contribution is -2.20. The number of aromatic nitrogens is 1. The molecule has 1 aromatic heterocycles. The first-order valence-electron chi connectivity index (χ1n) is 6.68. The fourth-order valence-corrected chi connectivity index (χ4v) is 1.70. The molecule has 0 aromatic carbocycles. The molecule has 0 spiro atoms. The minimum Gasteiger partial charge on any atom is -0.474 e. The monoisotopic (exact) mass is 238 g/mol. The van der Waals surface area contributed by atoms with Gasteiger partial charge in [0.15, 0.2) is 0 Å². The van der Waals surface area contributed by atoms with Crippen molar-refractivity contribution in [1.82, 2.24) is 4.98 Å². The Morgan fingerprint density at radius 1 is 1.29 bits per heavy atom. The molecule has 98 valence electrons. The molecule has 1 aliphatic heterocycles. The summed E-state index contributed by atoms with van der Waals surface area (Å²) in [6.45, 7) is 13.8. The standard InChI is InChI=1S/C10H14N2O.2C2H6/c1-3-8-7(2)6-12-10-9(8)11-4-5-13-10;2*1-2/h6,11H,3-5H2,1-2H3;2*1-2H3. The van der Waals surface area contributed by atoms with Crippen LogP contribution in [0.5, 0.6) is 5.88 Å². The van der Waals surface area contributed by atoms with Crippen LogP contribution in [0.4, 0.5) is 5.69 Å². The predicted octanol–water partition coefficient (Wildman–Crippen LogP) is 3.81. The second-order valence-electron chi connectivity index (χ2n) is 3.23. The average molecular weight is 238 g/mol. The van der Waals surface area contributed by atoms with Crippen LogP contribution in [0, 0.1) is 6.92 Å². The molecule has 0 unspecified atom stereocenters. The van der Waals surface area contributed by atoms with Gasteiger partial charge in [-0.1, -0.05) is 34.6 Å². The number of nitrogens with one attached hydrogen (secondary N) is 1. The van der Waals surface area contributed by atoms with Crippen molar-refractivity contribution in [3.63, 3.8) is 0 Å². The predicted molar refractivity (Wildman–Crippen MR) is 75.0 cm³/mol. The van der Waals surface area contributed by atoms with Crippen LogP contribution >= 0.6 is 0 Å². The Kier molecular flexibility index (Phi) is 8.20. The fourth-order valence-electron chi connectivity index (χ4n) is 1.70. The van der Waals surface area contributed by atoms with E-state index in [1.165, 1.54) is 11.1 Å². The van der Waals surface area contributed by atoms with Crippen LogP contribution in [0.2, 0.25) is 0 Å². The van der Waals surface area contributed by atoms with Gasteiger partial charge in [0.25, 0.3) is 0 Å². The number of rotatable bonds is 1. The molecule has 0 fully saturated rings. The van der Waals surface area contributed by atoms with E-state index >= 15 is 0 Å². The molecular weight excluding hydrogens is 212 g/mol. The van der Waals surface area contributed by atoms with Gasteiger partial charge in [-0.15, -0.1) is 0 Å². The molecule has 0 radical (unpaired) electrons. The first kappa shape index (κ1) is 15.8. The molecule has 0 amide bonds. The summed E-state index contributed by atoms with van der Waals surface area (Å²) in [5.41, 5.74) is 3.65. The van der Waals surface area contributed by atoms with E-state index in [2.05, 4.69) is 24.1 Å². The molecule has 0 saturated carbocycles. The van der Waals surface area contributed by atoms with Crippen molar-refractivity contribution in [1.29, 1.82) is 0 Å². The molecule has 0 aliphatic carbocycles. The Morgan fingerprint density at radius 2 is 1.94 bits per heavy atom. The zero-order valence-electron chi connectivity index (χ0n) is 12.1. The summed E-state index contributed by atoms with van der Waals surface area (Å²) in [5.74, 6) is 0.758. The fraction of sp³-hybridized carbons (Fsp3) is 0.643. The SMILES string of the molecule is CC.CC.CCc1c(C)cnc2c1NCCO2. The van der Waals surface area contributed by atoms with E-state index in [1.54, 1.807) is 0 Å². The number of nitrogens with zero attached hydrogens (tertiary/aromatic N) is 1. The van der Waals surface area contributed by atoms with Gasteiger partial charge in [0.1, 0.15) is 12.3 Å². The number of hydrogen-bond donors (Lipinski definition) is 1. The summed E-state index contributed by atoms with van der Waals surface area (Å²) < 4.78 is 5.45. The van der Waals surface area contributed by atoms with E-state index in [0.29, 0.717) is 6.61 Å². The molecule has 1 aromatic rings. The van der Waals surface area contributed by atoms with Crippen LogP contribution in [0.1, 0.15) is 45.7 Å². The van der Waals surface area contributed by atoms with Gasteiger partial charge in [-0.3, -0.25) is 0 Å². The van der Waals surface area contributed by atoms with E-state index < -0.39 is 0 Å². The lowest BCUT2D eigenvalue weighted by Gasteiger charge is -2.21. The maximum Gasteiger partial charge on any atom is 0.237 e. The van der Waals surface area contributed by atoms with Crippen LogP contribution in [-0.2, 0) is 6.42 Å². The second kappa shape index (κ2) is 8.85. The first-order chi connectivity index (χ1) is 8.33. The van der Waals surface area contributed by atoms with Gasteiger partial charge in [-0.05, 0) is 24.5 Å². The van der Waals surface area contributed by atoms with Crippen molar-refractivity contribution in [2.75, 3.05) is 18.5 Å².